The van der Waals surface area contributed by atoms with Gasteiger partial charge in [0.25, 0.3) is 5.91 Å². The number of hydrogen-bond donors (Lipinski definition) is 1. The standard InChI is InChI=1S/C19H22N4O2/c1-22-16-10-11-23(19(25)14-8-5-9-14)12-15(16)17(21-22)20-18(24)13-6-3-2-4-7-13/h2-4,6-7,14H,5,8-12H2,1H3,(H,20,21,24). The Labute approximate surface area is 146 Å². The third-order valence-corrected chi connectivity index (χ3v) is 5.28. The number of benzene rings is 1. The summed E-state index contributed by atoms with van der Waals surface area (Å²) in [7, 11) is 1.89. The zero-order chi connectivity index (χ0) is 17.4. The Morgan fingerprint density at radius 2 is 1.96 bits per heavy atom. The first-order valence-electron chi connectivity index (χ1n) is 8.83. The molecule has 2 aliphatic rings. The van der Waals surface area contributed by atoms with Gasteiger partial charge in [0.1, 0.15) is 0 Å². The van der Waals surface area contributed by atoms with Gasteiger partial charge in [-0.3, -0.25) is 14.3 Å². The minimum absolute atomic E-state index is 0.177. The second kappa shape index (κ2) is 6.35. The van der Waals surface area contributed by atoms with Crippen molar-refractivity contribution >= 4 is 17.6 Å². The summed E-state index contributed by atoms with van der Waals surface area (Å²) in [5.41, 5.74) is 2.66. The van der Waals surface area contributed by atoms with Crippen LogP contribution in [0.5, 0.6) is 0 Å². The molecule has 6 heteroatoms. The minimum Gasteiger partial charge on any atom is -0.338 e. The van der Waals surface area contributed by atoms with E-state index in [1.54, 1.807) is 12.1 Å². The topological polar surface area (TPSA) is 67.2 Å². The first-order chi connectivity index (χ1) is 12.1. The van der Waals surface area contributed by atoms with Crippen LogP contribution in [0.25, 0.3) is 0 Å². The van der Waals surface area contributed by atoms with Crippen LogP contribution in [-0.4, -0.2) is 33.0 Å². The predicted molar refractivity (Wildman–Crippen MR) is 94.1 cm³/mol. The Morgan fingerprint density at radius 1 is 1.20 bits per heavy atom. The highest BCUT2D eigenvalue weighted by Gasteiger charge is 2.33. The van der Waals surface area contributed by atoms with Crippen molar-refractivity contribution in [1.82, 2.24) is 14.7 Å². The lowest BCUT2D eigenvalue weighted by Crippen LogP contribution is -2.42. The molecule has 1 fully saturated rings. The van der Waals surface area contributed by atoms with Crippen molar-refractivity contribution in [2.45, 2.75) is 32.2 Å². The van der Waals surface area contributed by atoms with Gasteiger partial charge in [0, 0.05) is 42.8 Å². The third-order valence-electron chi connectivity index (χ3n) is 5.28. The van der Waals surface area contributed by atoms with Crippen LogP contribution in [0, 0.1) is 5.92 Å². The Kier molecular flexibility index (Phi) is 4.03. The summed E-state index contributed by atoms with van der Waals surface area (Å²) in [6.07, 6.45) is 3.94. The molecule has 1 aromatic carbocycles. The van der Waals surface area contributed by atoms with Gasteiger partial charge in [-0.25, -0.2) is 0 Å². The zero-order valence-electron chi connectivity index (χ0n) is 14.4. The third kappa shape index (κ3) is 2.92. The maximum absolute atomic E-state index is 12.6. The molecular weight excluding hydrogens is 316 g/mol. The van der Waals surface area contributed by atoms with E-state index >= 15 is 0 Å². The highest BCUT2D eigenvalue weighted by atomic mass is 16.2. The molecule has 0 radical (unpaired) electrons. The molecule has 1 aromatic heterocycles. The fourth-order valence-corrected chi connectivity index (χ4v) is 3.56. The predicted octanol–water partition coefficient (Wildman–Crippen LogP) is 2.36. The van der Waals surface area contributed by atoms with Crippen LogP contribution in [-0.2, 0) is 24.8 Å². The maximum Gasteiger partial charge on any atom is 0.256 e. The van der Waals surface area contributed by atoms with Crippen LogP contribution >= 0.6 is 0 Å². The number of anilines is 1. The van der Waals surface area contributed by atoms with Crippen molar-refractivity contribution in [1.29, 1.82) is 0 Å². The summed E-state index contributed by atoms with van der Waals surface area (Å²) in [6.45, 7) is 1.26. The van der Waals surface area contributed by atoms with E-state index in [4.69, 9.17) is 0 Å². The number of aryl methyl sites for hydroxylation is 1. The lowest BCUT2D eigenvalue weighted by atomic mass is 9.84. The van der Waals surface area contributed by atoms with Crippen LogP contribution in [0.15, 0.2) is 30.3 Å². The molecule has 0 bridgehead atoms. The number of aromatic nitrogens is 2. The van der Waals surface area contributed by atoms with E-state index in [9.17, 15) is 9.59 Å². The van der Waals surface area contributed by atoms with E-state index in [2.05, 4.69) is 10.4 Å². The van der Waals surface area contributed by atoms with E-state index in [0.717, 1.165) is 43.5 Å². The Hall–Kier alpha value is -2.63. The molecule has 1 aliphatic heterocycles. The molecule has 2 amide bonds. The summed E-state index contributed by atoms with van der Waals surface area (Å²) >= 11 is 0. The number of rotatable bonds is 3. The van der Waals surface area contributed by atoms with Crippen molar-refractivity contribution in [2.75, 3.05) is 11.9 Å². The lowest BCUT2D eigenvalue weighted by Gasteiger charge is -2.34. The smallest absolute Gasteiger partial charge is 0.256 e. The molecule has 6 nitrogen and oxygen atoms in total. The summed E-state index contributed by atoms with van der Waals surface area (Å²) < 4.78 is 1.82. The molecule has 4 rings (SSSR count). The van der Waals surface area contributed by atoms with Gasteiger partial charge in [-0.05, 0) is 25.0 Å². The van der Waals surface area contributed by atoms with Gasteiger partial charge in [0.05, 0.1) is 6.54 Å². The van der Waals surface area contributed by atoms with Crippen molar-refractivity contribution in [3.63, 3.8) is 0 Å². The number of carbonyl (C=O) groups excluding carboxylic acids is 2. The Morgan fingerprint density at radius 3 is 2.64 bits per heavy atom. The number of carbonyl (C=O) groups is 2. The highest BCUT2D eigenvalue weighted by Crippen LogP contribution is 2.32. The molecule has 0 spiro atoms. The summed E-state index contributed by atoms with van der Waals surface area (Å²) in [5, 5.41) is 7.39. The van der Waals surface area contributed by atoms with Gasteiger partial charge >= 0.3 is 0 Å². The molecule has 130 valence electrons. The number of fused-ring (bicyclic) bond motifs is 1. The van der Waals surface area contributed by atoms with E-state index in [-0.39, 0.29) is 17.7 Å². The molecule has 0 atom stereocenters. The molecule has 2 heterocycles. The highest BCUT2D eigenvalue weighted by molar-refractivity contribution is 6.04. The van der Waals surface area contributed by atoms with E-state index in [1.807, 2.05) is 34.8 Å². The van der Waals surface area contributed by atoms with Crippen molar-refractivity contribution < 1.29 is 9.59 Å². The fourth-order valence-electron chi connectivity index (χ4n) is 3.56. The van der Waals surface area contributed by atoms with Crippen LogP contribution in [0.1, 0.15) is 40.9 Å². The van der Waals surface area contributed by atoms with Gasteiger partial charge in [-0.1, -0.05) is 24.6 Å². The molecular formula is C19H22N4O2. The second-order valence-electron chi connectivity index (χ2n) is 6.86. The number of amides is 2. The lowest BCUT2D eigenvalue weighted by molar-refractivity contribution is -0.139. The Balaban J connectivity index is 1.55. The molecule has 2 aromatic rings. The van der Waals surface area contributed by atoms with Crippen LogP contribution < -0.4 is 5.32 Å². The number of nitrogens with zero attached hydrogens (tertiary/aromatic N) is 3. The number of nitrogens with one attached hydrogen (secondary N) is 1. The molecule has 0 saturated heterocycles. The van der Waals surface area contributed by atoms with Crippen molar-refractivity contribution in [3.05, 3.63) is 47.2 Å². The second-order valence-corrected chi connectivity index (χ2v) is 6.86. The van der Waals surface area contributed by atoms with Gasteiger partial charge < -0.3 is 10.2 Å². The van der Waals surface area contributed by atoms with Gasteiger partial charge in [0.2, 0.25) is 5.91 Å². The monoisotopic (exact) mass is 338 g/mol. The van der Waals surface area contributed by atoms with Gasteiger partial charge in [0.15, 0.2) is 5.82 Å². The maximum atomic E-state index is 12.6. The largest absolute Gasteiger partial charge is 0.338 e. The summed E-state index contributed by atoms with van der Waals surface area (Å²) in [4.78, 5) is 26.9. The average molecular weight is 338 g/mol. The summed E-state index contributed by atoms with van der Waals surface area (Å²) in [6, 6.07) is 9.10. The molecule has 0 unspecified atom stereocenters. The van der Waals surface area contributed by atoms with Crippen LogP contribution in [0.2, 0.25) is 0 Å². The zero-order valence-corrected chi connectivity index (χ0v) is 14.4. The van der Waals surface area contributed by atoms with Crippen molar-refractivity contribution in [2.24, 2.45) is 13.0 Å². The normalized spacial score (nSPS) is 16.9. The average Bonchev–Trinajstić information content (AvgIpc) is 2.89. The minimum atomic E-state index is -0.177. The van der Waals surface area contributed by atoms with E-state index < -0.39 is 0 Å². The van der Waals surface area contributed by atoms with E-state index in [0.29, 0.717) is 17.9 Å². The quantitative estimate of drug-likeness (QED) is 0.934. The van der Waals surface area contributed by atoms with E-state index in [1.165, 1.54) is 0 Å². The number of hydrogen-bond acceptors (Lipinski definition) is 3. The molecule has 25 heavy (non-hydrogen) atoms. The van der Waals surface area contributed by atoms with Gasteiger partial charge in [-0.2, -0.15) is 5.10 Å². The Bertz CT molecular complexity index is 808. The van der Waals surface area contributed by atoms with Crippen LogP contribution in [0.3, 0.4) is 0 Å². The van der Waals surface area contributed by atoms with Crippen molar-refractivity contribution in [3.8, 4) is 0 Å². The first kappa shape index (κ1) is 15.9. The summed E-state index contributed by atoms with van der Waals surface area (Å²) in [5.74, 6) is 0.836. The SMILES string of the molecule is Cn1nc(NC(=O)c2ccccc2)c2c1CCN(C(=O)C1CCC1)C2. The molecule has 1 saturated carbocycles. The fraction of sp³-hybridized carbons (Fsp3) is 0.421. The molecule has 1 N–H and O–H groups in total. The van der Waals surface area contributed by atoms with Gasteiger partial charge in [-0.15, -0.1) is 0 Å². The molecule has 1 aliphatic carbocycles. The first-order valence-corrected chi connectivity index (χ1v) is 8.83. The van der Waals surface area contributed by atoms with Crippen LogP contribution in [0.4, 0.5) is 5.82 Å².